The van der Waals surface area contributed by atoms with E-state index in [1.54, 1.807) is 11.8 Å². The highest BCUT2D eigenvalue weighted by Gasteiger charge is 2.49. The van der Waals surface area contributed by atoms with Crippen molar-refractivity contribution in [3.8, 4) is 0 Å². The number of ether oxygens (including phenoxy) is 1. The maximum absolute atomic E-state index is 12.5. The number of rotatable bonds is 9. The maximum Gasteiger partial charge on any atom is 0.326 e. The van der Waals surface area contributed by atoms with Crippen LogP contribution in [0, 0.1) is 5.92 Å². The minimum Gasteiger partial charge on any atom is -0.465 e. The molecule has 0 amide bonds. The largest absolute Gasteiger partial charge is 0.465 e. The lowest BCUT2D eigenvalue weighted by atomic mass is 9.84. The predicted molar refractivity (Wildman–Crippen MR) is 88.6 cm³/mol. The Labute approximate surface area is 133 Å². The van der Waals surface area contributed by atoms with Gasteiger partial charge < -0.3 is 9.84 Å². The van der Waals surface area contributed by atoms with Crippen molar-refractivity contribution < 1.29 is 14.6 Å². The third-order valence-electron chi connectivity index (χ3n) is 4.13. The molecule has 0 aromatic carbocycles. The Morgan fingerprint density at radius 1 is 1.48 bits per heavy atom. The van der Waals surface area contributed by atoms with E-state index in [1.165, 1.54) is 0 Å². The normalized spacial score (nSPS) is 27.0. The molecule has 0 radical (unpaired) electrons. The van der Waals surface area contributed by atoms with E-state index in [1.807, 2.05) is 13.8 Å². The average molecular weight is 317 g/mol. The molecule has 0 spiro atoms. The van der Waals surface area contributed by atoms with Gasteiger partial charge in [-0.05, 0) is 51.7 Å². The summed E-state index contributed by atoms with van der Waals surface area (Å²) < 4.78 is 5.36. The van der Waals surface area contributed by atoms with Crippen LogP contribution in [-0.2, 0) is 9.53 Å². The van der Waals surface area contributed by atoms with Crippen LogP contribution in [0.4, 0.5) is 0 Å². The molecule has 124 valence electrons. The van der Waals surface area contributed by atoms with E-state index in [-0.39, 0.29) is 23.9 Å². The first-order valence-electron chi connectivity index (χ1n) is 8.13. The number of aliphatic hydroxyl groups excluding tert-OH is 1. The molecule has 1 fully saturated rings. The molecule has 0 saturated heterocycles. The summed E-state index contributed by atoms with van der Waals surface area (Å²) in [5.41, 5.74) is -0.507. The fraction of sp³-hybridized carbons (Fsp3) is 0.938. The van der Waals surface area contributed by atoms with Gasteiger partial charge in [-0.25, -0.2) is 0 Å². The lowest BCUT2D eigenvalue weighted by molar-refractivity contribution is -0.153. The molecule has 1 aliphatic carbocycles. The molecule has 0 aromatic heterocycles. The lowest BCUT2D eigenvalue weighted by Crippen LogP contribution is -2.58. The summed E-state index contributed by atoms with van der Waals surface area (Å²) in [7, 11) is 0. The van der Waals surface area contributed by atoms with Gasteiger partial charge in [-0.3, -0.25) is 10.1 Å². The Hall–Kier alpha value is -0.260. The summed E-state index contributed by atoms with van der Waals surface area (Å²) in [5.74, 6) is 1.23. The zero-order valence-electron chi connectivity index (χ0n) is 13.9. The first kappa shape index (κ1) is 18.8. The van der Waals surface area contributed by atoms with Gasteiger partial charge in [-0.1, -0.05) is 13.3 Å². The fourth-order valence-corrected chi connectivity index (χ4v) is 4.15. The standard InChI is InChI=1S/C16H31NO3S/c1-5-20-15(19)16(17-12(2)3)9-6-7-14(16)8-10-21-13(4)11-18/h12-14,17-18H,5-11H2,1-4H3. The Bertz CT molecular complexity index is 325. The Morgan fingerprint density at radius 2 is 2.19 bits per heavy atom. The minimum absolute atomic E-state index is 0.0820. The van der Waals surface area contributed by atoms with Gasteiger partial charge in [-0.2, -0.15) is 11.8 Å². The van der Waals surface area contributed by atoms with Crippen molar-refractivity contribution >= 4 is 17.7 Å². The lowest BCUT2D eigenvalue weighted by Gasteiger charge is -2.36. The van der Waals surface area contributed by atoms with Crippen molar-refractivity contribution in [3.63, 3.8) is 0 Å². The highest BCUT2D eigenvalue weighted by Crippen LogP contribution is 2.40. The van der Waals surface area contributed by atoms with E-state index in [2.05, 4.69) is 19.2 Å². The molecule has 1 aliphatic rings. The number of aliphatic hydroxyl groups is 1. The van der Waals surface area contributed by atoms with Crippen LogP contribution in [0.5, 0.6) is 0 Å². The Morgan fingerprint density at radius 3 is 2.76 bits per heavy atom. The second-order valence-corrected chi connectivity index (χ2v) is 7.78. The molecule has 2 N–H and O–H groups in total. The van der Waals surface area contributed by atoms with E-state index >= 15 is 0 Å². The third kappa shape index (κ3) is 5.15. The van der Waals surface area contributed by atoms with E-state index < -0.39 is 5.54 Å². The smallest absolute Gasteiger partial charge is 0.326 e. The second kappa shape index (κ2) is 9.01. The molecule has 1 saturated carbocycles. The highest BCUT2D eigenvalue weighted by atomic mass is 32.2. The molecule has 4 nitrogen and oxygen atoms in total. The molecular weight excluding hydrogens is 286 g/mol. The molecule has 1 rings (SSSR count). The SMILES string of the molecule is CCOC(=O)C1(NC(C)C)CCCC1CCSC(C)CO. The van der Waals surface area contributed by atoms with Crippen molar-refractivity contribution in [2.45, 2.75) is 70.2 Å². The molecule has 0 bridgehead atoms. The van der Waals surface area contributed by atoms with E-state index in [0.29, 0.717) is 12.5 Å². The van der Waals surface area contributed by atoms with E-state index in [0.717, 1.165) is 31.4 Å². The molecule has 3 unspecified atom stereocenters. The van der Waals surface area contributed by atoms with Gasteiger partial charge in [0.25, 0.3) is 0 Å². The number of carbonyl (C=O) groups is 1. The fourth-order valence-electron chi connectivity index (χ4n) is 3.23. The van der Waals surface area contributed by atoms with Gasteiger partial charge >= 0.3 is 5.97 Å². The zero-order chi connectivity index (χ0) is 15.9. The first-order chi connectivity index (χ1) is 9.96. The van der Waals surface area contributed by atoms with Crippen molar-refractivity contribution in [1.82, 2.24) is 5.32 Å². The number of hydrogen-bond acceptors (Lipinski definition) is 5. The zero-order valence-corrected chi connectivity index (χ0v) is 14.7. The molecule has 21 heavy (non-hydrogen) atoms. The van der Waals surface area contributed by atoms with E-state index in [4.69, 9.17) is 9.84 Å². The third-order valence-corrected chi connectivity index (χ3v) is 5.32. The van der Waals surface area contributed by atoms with Crippen LogP contribution in [0.1, 0.15) is 53.4 Å². The van der Waals surface area contributed by atoms with Crippen LogP contribution >= 0.6 is 11.8 Å². The van der Waals surface area contributed by atoms with Crippen molar-refractivity contribution in [1.29, 1.82) is 0 Å². The Balaban J connectivity index is 2.71. The summed E-state index contributed by atoms with van der Waals surface area (Å²) in [6.45, 7) is 8.71. The number of carbonyl (C=O) groups excluding carboxylic acids is 1. The molecule has 0 heterocycles. The summed E-state index contributed by atoms with van der Waals surface area (Å²) in [5, 5.41) is 12.9. The highest BCUT2D eigenvalue weighted by molar-refractivity contribution is 7.99. The predicted octanol–water partition coefficient (Wildman–Crippen LogP) is 2.59. The van der Waals surface area contributed by atoms with E-state index in [9.17, 15) is 4.79 Å². The molecule has 0 aromatic rings. The van der Waals surface area contributed by atoms with Gasteiger partial charge in [0.05, 0.1) is 13.2 Å². The van der Waals surface area contributed by atoms with Gasteiger partial charge in [0, 0.05) is 11.3 Å². The van der Waals surface area contributed by atoms with Crippen LogP contribution < -0.4 is 5.32 Å². The average Bonchev–Trinajstić information content (AvgIpc) is 2.82. The Kier molecular flexibility index (Phi) is 8.06. The minimum atomic E-state index is -0.507. The maximum atomic E-state index is 12.5. The summed E-state index contributed by atoms with van der Waals surface area (Å²) in [6.07, 6.45) is 4.01. The van der Waals surface area contributed by atoms with Crippen LogP contribution in [0.25, 0.3) is 0 Å². The molecule has 3 atom stereocenters. The number of esters is 1. The van der Waals surface area contributed by atoms with Crippen molar-refractivity contribution in [3.05, 3.63) is 0 Å². The number of nitrogens with one attached hydrogen (secondary N) is 1. The monoisotopic (exact) mass is 317 g/mol. The molecule has 5 heteroatoms. The number of hydrogen-bond donors (Lipinski definition) is 2. The number of thioether (sulfide) groups is 1. The summed E-state index contributed by atoms with van der Waals surface area (Å²) >= 11 is 1.78. The van der Waals surface area contributed by atoms with Crippen molar-refractivity contribution in [2.75, 3.05) is 19.0 Å². The van der Waals surface area contributed by atoms with Crippen molar-refractivity contribution in [2.24, 2.45) is 5.92 Å². The van der Waals surface area contributed by atoms with Gasteiger partial charge in [0.1, 0.15) is 5.54 Å². The summed E-state index contributed by atoms with van der Waals surface area (Å²) in [4.78, 5) is 12.5. The summed E-state index contributed by atoms with van der Waals surface area (Å²) in [6, 6.07) is 0.263. The van der Waals surface area contributed by atoms with Crippen LogP contribution in [-0.4, -0.2) is 46.9 Å². The van der Waals surface area contributed by atoms with Gasteiger partial charge in [0.2, 0.25) is 0 Å². The first-order valence-corrected chi connectivity index (χ1v) is 9.18. The second-order valence-electron chi connectivity index (χ2n) is 6.23. The quantitative estimate of drug-likeness (QED) is 0.640. The topological polar surface area (TPSA) is 58.6 Å². The van der Waals surface area contributed by atoms with Crippen LogP contribution in [0.15, 0.2) is 0 Å². The molecule has 0 aliphatic heterocycles. The molecular formula is C16H31NO3S. The van der Waals surface area contributed by atoms with Crippen LogP contribution in [0.2, 0.25) is 0 Å². The van der Waals surface area contributed by atoms with Gasteiger partial charge in [-0.15, -0.1) is 0 Å². The van der Waals surface area contributed by atoms with Crippen LogP contribution in [0.3, 0.4) is 0 Å². The van der Waals surface area contributed by atoms with Gasteiger partial charge in [0.15, 0.2) is 0 Å².